The number of aromatic nitrogens is 1. The van der Waals surface area contributed by atoms with E-state index in [1.807, 2.05) is 56.3 Å². The average molecular weight is 306 g/mol. The summed E-state index contributed by atoms with van der Waals surface area (Å²) in [7, 11) is 0. The molecule has 0 unspecified atom stereocenters. The molecule has 1 heterocycles. The Balaban J connectivity index is 2.09. The molecule has 0 aliphatic carbocycles. The van der Waals surface area contributed by atoms with E-state index < -0.39 is 0 Å². The van der Waals surface area contributed by atoms with Crippen LogP contribution in [0.1, 0.15) is 21.7 Å². The number of fused-ring (bicyclic) bond motifs is 1. The summed E-state index contributed by atoms with van der Waals surface area (Å²) in [5, 5.41) is 20.0. The van der Waals surface area contributed by atoms with Gasteiger partial charge in [0.1, 0.15) is 16.8 Å². The van der Waals surface area contributed by atoms with Gasteiger partial charge in [-0.25, -0.2) is 4.98 Å². The smallest absolute Gasteiger partial charge is 0.135 e. The second-order valence-electron chi connectivity index (χ2n) is 5.16. The third kappa shape index (κ3) is 2.59. The van der Waals surface area contributed by atoms with Gasteiger partial charge in [-0.1, -0.05) is 12.1 Å². The zero-order valence-corrected chi connectivity index (χ0v) is 13.1. The van der Waals surface area contributed by atoms with Gasteiger partial charge < -0.3 is 5.11 Å². The molecule has 3 aromatic rings. The first kappa shape index (κ1) is 14.3. The van der Waals surface area contributed by atoms with Gasteiger partial charge in [0.15, 0.2) is 0 Å². The third-order valence-electron chi connectivity index (χ3n) is 3.47. The normalized spacial score (nSPS) is 11.6. The molecule has 0 fully saturated rings. The zero-order valence-electron chi connectivity index (χ0n) is 12.3. The molecule has 108 valence electrons. The lowest BCUT2D eigenvalue weighted by Crippen LogP contribution is -1.85. The van der Waals surface area contributed by atoms with Crippen LogP contribution < -0.4 is 0 Å². The quantitative estimate of drug-likeness (QED) is 0.699. The average Bonchev–Trinajstić information content (AvgIpc) is 2.93. The van der Waals surface area contributed by atoms with E-state index in [9.17, 15) is 10.4 Å². The molecular formula is C18H14N2OS. The molecule has 0 aliphatic rings. The number of allylic oxidation sites excluding steroid dienone is 1. The first-order valence-corrected chi connectivity index (χ1v) is 7.68. The molecule has 0 saturated heterocycles. The van der Waals surface area contributed by atoms with E-state index in [0.717, 1.165) is 26.9 Å². The Bertz CT molecular complexity index is 876. The van der Waals surface area contributed by atoms with Gasteiger partial charge in [-0.2, -0.15) is 5.26 Å². The number of benzene rings is 2. The van der Waals surface area contributed by atoms with Crippen LogP contribution in [0.15, 0.2) is 36.4 Å². The fraction of sp³-hybridized carbons (Fsp3) is 0.111. The summed E-state index contributed by atoms with van der Waals surface area (Å²) < 4.78 is 1.07. The predicted molar refractivity (Wildman–Crippen MR) is 90.7 cm³/mol. The number of nitriles is 1. The van der Waals surface area contributed by atoms with Gasteiger partial charge in [-0.05, 0) is 60.9 Å². The summed E-state index contributed by atoms with van der Waals surface area (Å²) in [5.74, 6) is 0.302. The fourth-order valence-corrected chi connectivity index (χ4v) is 3.30. The first-order chi connectivity index (χ1) is 10.6. The van der Waals surface area contributed by atoms with E-state index in [2.05, 4.69) is 11.1 Å². The Labute approximate surface area is 132 Å². The van der Waals surface area contributed by atoms with Crippen molar-refractivity contribution in [1.29, 1.82) is 5.26 Å². The van der Waals surface area contributed by atoms with Gasteiger partial charge in [0.25, 0.3) is 0 Å². The van der Waals surface area contributed by atoms with Crippen LogP contribution in [0.25, 0.3) is 21.9 Å². The summed E-state index contributed by atoms with van der Waals surface area (Å²) in [5.41, 5.74) is 3.93. The molecule has 0 radical (unpaired) electrons. The van der Waals surface area contributed by atoms with Crippen LogP contribution in [0.3, 0.4) is 0 Å². The van der Waals surface area contributed by atoms with Gasteiger partial charge in [0, 0.05) is 0 Å². The molecule has 0 amide bonds. The molecule has 0 saturated carbocycles. The Hall–Kier alpha value is -2.64. The van der Waals surface area contributed by atoms with Crippen LogP contribution in [-0.4, -0.2) is 10.1 Å². The lowest BCUT2D eigenvalue weighted by Gasteiger charge is -2.05. The highest BCUT2D eigenvalue weighted by Gasteiger charge is 2.09. The number of phenolic OH excluding ortho intramolecular Hbond substituents is 1. The molecule has 22 heavy (non-hydrogen) atoms. The second-order valence-corrected chi connectivity index (χ2v) is 6.19. The van der Waals surface area contributed by atoms with Crippen molar-refractivity contribution >= 4 is 33.2 Å². The number of aryl methyl sites for hydroxylation is 2. The zero-order chi connectivity index (χ0) is 15.7. The van der Waals surface area contributed by atoms with Crippen molar-refractivity contribution in [2.75, 3.05) is 0 Å². The monoisotopic (exact) mass is 306 g/mol. The van der Waals surface area contributed by atoms with Crippen molar-refractivity contribution in [2.24, 2.45) is 0 Å². The van der Waals surface area contributed by atoms with E-state index in [-0.39, 0.29) is 0 Å². The summed E-state index contributed by atoms with van der Waals surface area (Å²) in [6.07, 6.45) is 1.82. The number of para-hydroxylation sites is 1. The number of nitrogens with zero attached hydrogens (tertiary/aromatic N) is 2. The number of hydrogen-bond donors (Lipinski definition) is 1. The van der Waals surface area contributed by atoms with E-state index in [1.54, 1.807) is 0 Å². The summed E-state index contributed by atoms with van der Waals surface area (Å²) in [6, 6.07) is 13.8. The molecule has 1 aromatic heterocycles. The number of phenols is 1. The molecule has 4 heteroatoms. The maximum Gasteiger partial charge on any atom is 0.135 e. The molecule has 3 rings (SSSR count). The Morgan fingerprint density at radius 2 is 1.91 bits per heavy atom. The Kier molecular flexibility index (Phi) is 3.66. The number of hydrogen-bond acceptors (Lipinski definition) is 4. The van der Waals surface area contributed by atoms with Crippen LogP contribution in [0.2, 0.25) is 0 Å². The first-order valence-electron chi connectivity index (χ1n) is 6.86. The van der Waals surface area contributed by atoms with Crippen molar-refractivity contribution in [3.63, 3.8) is 0 Å². The van der Waals surface area contributed by atoms with Crippen LogP contribution >= 0.6 is 11.3 Å². The molecule has 0 aliphatic heterocycles. The maximum absolute atomic E-state index is 9.84. The largest absolute Gasteiger partial charge is 0.507 e. The van der Waals surface area contributed by atoms with E-state index >= 15 is 0 Å². The fourth-order valence-electron chi connectivity index (χ4n) is 2.37. The van der Waals surface area contributed by atoms with Gasteiger partial charge in [0.05, 0.1) is 15.8 Å². The molecular weight excluding hydrogens is 292 g/mol. The van der Waals surface area contributed by atoms with Gasteiger partial charge in [0.2, 0.25) is 0 Å². The van der Waals surface area contributed by atoms with Crippen LogP contribution in [0.5, 0.6) is 5.75 Å². The second kappa shape index (κ2) is 5.63. The number of aromatic hydroxyl groups is 1. The van der Waals surface area contributed by atoms with Crippen molar-refractivity contribution < 1.29 is 5.11 Å². The van der Waals surface area contributed by atoms with Crippen molar-refractivity contribution in [3.8, 4) is 11.8 Å². The highest BCUT2D eigenvalue weighted by Crippen LogP contribution is 2.29. The van der Waals surface area contributed by atoms with Crippen molar-refractivity contribution in [2.45, 2.75) is 13.8 Å². The summed E-state index contributed by atoms with van der Waals surface area (Å²) in [4.78, 5) is 4.52. The van der Waals surface area contributed by atoms with Gasteiger partial charge in [-0.3, -0.25) is 0 Å². The minimum absolute atomic E-state index is 0.302. The van der Waals surface area contributed by atoms with Gasteiger partial charge >= 0.3 is 0 Å². The SMILES string of the molecule is Cc1cc(C=C(C#N)c2nc3ccccc3s2)cc(C)c1O. The Morgan fingerprint density at radius 3 is 2.55 bits per heavy atom. The molecule has 2 aromatic carbocycles. The molecule has 3 nitrogen and oxygen atoms in total. The van der Waals surface area contributed by atoms with Crippen LogP contribution in [0, 0.1) is 25.2 Å². The minimum atomic E-state index is 0.302. The maximum atomic E-state index is 9.84. The third-order valence-corrected chi connectivity index (χ3v) is 4.54. The summed E-state index contributed by atoms with van der Waals surface area (Å²) >= 11 is 1.51. The Morgan fingerprint density at radius 1 is 1.23 bits per heavy atom. The lowest BCUT2D eigenvalue weighted by molar-refractivity contribution is 0.467. The predicted octanol–water partition coefficient (Wildman–Crippen LogP) is 4.68. The molecule has 0 spiro atoms. The molecule has 0 bridgehead atoms. The van der Waals surface area contributed by atoms with E-state index in [0.29, 0.717) is 16.3 Å². The molecule has 1 N–H and O–H groups in total. The standard InChI is InChI=1S/C18H14N2OS/c1-11-7-13(8-12(2)17(11)21)9-14(10-19)18-20-15-5-3-4-6-16(15)22-18/h3-9,21H,1-2H3. The lowest BCUT2D eigenvalue weighted by atomic mass is 10.0. The molecule has 0 atom stereocenters. The van der Waals surface area contributed by atoms with Crippen molar-refractivity contribution in [3.05, 3.63) is 58.1 Å². The highest BCUT2D eigenvalue weighted by molar-refractivity contribution is 7.19. The van der Waals surface area contributed by atoms with Gasteiger partial charge in [-0.15, -0.1) is 11.3 Å². The number of thiazole rings is 1. The van der Waals surface area contributed by atoms with Crippen LogP contribution in [-0.2, 0) is 0 Å². The number of rotatable bonds is 2. The van der Waals surface area contributed by atoms with Crippen molar-refractivity contribution in [1.82, 2.24) is 4.98 Å². The minimum Gasteiger partial charge on any atom is -0.507 e. The highest BCUT2D eigenvalue weighted by atomic mass is 32.1. The topological polar surface area (TPSA) is 56.9 Å². The van der Waals surface area contributed by atoms with E-state index in [1.165, 1.54) is 11.3 Å². The summed E-state index contributed by atoms with van der Waals surface area (Å²) in [6.45, 7) is 3.70. The van der Waals surface area contributed by atoms with Crippen LogP contribution in [0.4, 0.5) is 0 Å². The van der Waals surface area contributed by atoms with E-state index in [4.69, 9.17) is 0 Å².